The Morgan fingerprint density at radius 3 is 2.45 bits per heavy atom. The van der Waals surface area contributed by atoms with Gasteiger partial charge in [0.1, 0.15) is 17.3 Å². The van der Waals surface area contributed by atoms with E-state index in [0.29, 0.717) is 44.1 Å². The molecule has 2 N–H and O–H groups in total. The van der Waals surface area contributed by atoms with Gasteiger partial charge < -0.3 is 24.4 Å². The zero-order valence-corrected chi connectivity index (χ0v) is 17.9. The van der Waals surface area contributed by atoms with Crippen LogP contribution < -0.4 is 0 Å². The van der Waals surface area contributed by atoms with E-state index in [9.17, 15) is 19.8 Å². The fourth-order valence-corrected chi connectivity index (χ4v) is 4.94. The first-order valence-corrected chi connectivity index (χ1v) is 10.5. The Bertz CT molecular complexity index is 687. The minimum atomic E-state index is -1.16. The van der Waals surface area contributed by atoms with Gasteiger partial charge in [-0.1, -0.05) is 6.58 Å². The van der Waals surface area contributed by atoms with E-state index >= 15 is 0 Å². The first-order chi connectivity index (χ1) is 13.4. The molecule has 0 amide bonds. The molecule has 0 radical (unpaired) electrons. The van der Waals surface area contributed by atoms with Crippen LogP contribution >= 0.6 is 0 Å². The molecule has 3 rings (SSSR count). The second-order valence-corrected chi connectivity index (χ2v) is 9.67. The lowest BCUT2D eigenvalue weighted by Crippen LogP contribution is -2.48. The number of hydrogen-bond acceptors (Lipinski definition) is 7. The van der Waals surface area contributed by atoms with Gasteiger partial charge in [-0.05, 0) is 71.6 Å². The highest BCUT2D eigenvalue weighted by atomic mass is 16.6. The number of esters is 2. The summed E-state index contributed by atoms with van der Waals surface area (Å²) in [5.74, 6) is -1.20. The van der Waals surface area contributed by atoms with Crippen LogP contribution in [0.25, 0.3) is 0 Å². The maximum Gasteiger partial charge on any atom is 0.334 e. The van der Waals surface area contributed by atoms with Crippen molar-refractivity contribution in [2.45, 2.75) is 108 Å². The molecule has 4 bridgehead atoms. The van der Waals surface area contributed by atoms with E-state index in [1.165, 1.54) is 6.92 Å². The average Bonchev–Trinajstić information content (AvgIpc) is 3.00. The molecule has 0 aromatic carbocycles. The maximum absolute atomic E-state index is 12.7. The highest BCUT2D eigenvalue weighted by Crippen LogP contribution is 2.45. The van der Waals surface area contributed by atoms with Crippen molar-refractivity contribution in [3.05, 3.63) is 12.2 Å². The molecular formula is C22H34O7. The predicted molar refractivity (Wildman–Crippen MR) is 105 cm³/mol. The van der Waals surface area contributed by atoms with Gasteiger partial charge in [-0.2, -0.15) is 0 Å². The van der Waals surface area contributed by atoms with E-state index in [1.807, 2.05) is 6.92 Å². The Labute approximate surface area is 172 Å². The molecule has 0 aliphatic carbocycles. The van der Waals surface area contributed by atoms with Crippen LogP contribution in [0.15, 0.2) is 12.2 Å². The molecule has 0 unspecified atom stereocenters. The monoisotopic (exact) mass is 410 g/mol. The molecule has 0 spiro atoms. The topological polar surface area (TPSA) is 102 Å². The number of carbonyl (C=O) groups is 2. The van der Waals surface area contributed by atoms with E-state index in [1.54, 1.807) is 13.8 Å². The summed E-state index contributed by atoms with van der Waals surface area (Å²) in [6, 6.07) is 0. The first-order valence-electron chi connectivity index (χ1n) is 10.5. The molecule has 3 aliphatic heterocycles. The Morgan fingerprint density at radius 1 is 1.14 bits per heavy atom. The van der Waals surface area contributed by atoms with Crippen molar-refractivity contribution < 1.29 is 34.0 Å². The van der Waals surface area contributed by atoms with Crippen molar-refractivity contribution in [2.75, 3.05) is 0 Å². The molecule has 3 heterocycles. The highest BCUT2D eigenvalue weighted by molar-refractivity contribution is 5.89. The summed E-state index contributed by atoms with van der Waals surface area (Å²) in [7, 11) is 0. The number of carbonyl (C=O) groups excluding carboxylic acids is 2. The minimum Gasteiger partial charge on any atom is -0.459 e. The third-order valence-electron chi connectivity index (χ3n) is 7.19. The third kappa shape index (κ3) is 4.37. The number of hydrogen-bond donors (Lipinski definition) is 2. The van der Waals surface area contributed by atoms with Gasteiger partial charge in [0, 0.05) is 12.5 Å². The second kappa shape index (κ2) is 7.67. The molecule has 29 heavy (non-hydrogen) atoms. The average molecular weight is 411 g/mol. The van der Waals surface area contributed by atoms with Crippen molar-refractivity contribution in [1.82, 2.24) is 0 Å². The van der Waals surface area contributed by atoms with Gasteiger partial charge in [-0.25, -0.2) is 4.79 Å². The predicted octanol–water partition coefficient (Wildman–Crippen LogP) is 2.42. The van der Waals surface area contributed by atoms with Gasteiger partial charge in [0.15, 0.2) is 0 Å². The number of aliphatic hydroxyl groups excluding tert-OH is 1. The SMILES string of the molecule is C=C1C(=O)O[C@]2(C)CC[C@@H]1C[C@H](OC(C)=O)[C@]1(C)CC[C@H](O1)[C@](C)(O)CC[C@H]2O. The van der Waals surface area contributed by atoms with Gasteiger partial charge in [-0.3, -0.25) is 4.79 Å². The lowest BCUT2D eigenvalue weighted by molar-refractivity contribution is -0.187. The zero-order valence-electron chi connectivity index (χ0n) is 17.9. The smallest absolute Gasteiger partial charge is 0.334 e. The van der Waals surface area contributed by atoms with Crippen LogP contribution in [0.2, 0.25) is 0 Å². The standard InChI is InChI=1S/C22H34O7/c1-13-15-6-10-21(4,29-19(13)25)16(24)7-9-20(3,26)17-8-11-22(5,28-17)18(12-15)27-14(2)23/h15-18,24,26H,1,6-12H2,2-5H3/t15-,16-,17+,18+,20-,21-,22+/m1/s1. The van der Waals surface area contributed by atoms with Crippen LogP contribution in [0.3, 0.4) is 0 Å². The fourth-order valence-electron chi connectivity index (χ4n) is 4.94. The molecule has 7 heteroatoms. The van der Waals surface area contributed by atoms with Crippen molar-refractivity contribution in [3.63, 3.8) is 0 Å². The van der Waals surface area contributed by atoms with Crippen LogP contribution in [0, 0.1) is 5.92 Å². The third-order valence-corrected chi connectivity index (χ3v) is 7.19. The molecule has 3 aliphatic rings. The molecule has 0 aromatic heterocycles. The number of rotatable bonds is 1. The van der Waals surface area contributed by atoms with Crippen molar-refractivity contribution in [3.8, 4) is 0 Å². The Hall–Kier alpha value is -1.44. The molecule has 7 atom stereocenters. The van der Waals surface area contributed by atoms with Crippen LogP contribution in [0.1, 0.15) is 72.6 Å². The zero-order chi connectivity index (χ0) is 21.6. The summed E-state index contributed by atoms with van der Waals surface area (Å²) in [5, 5.41) is 21.9. The van der Waals surface area contributed by atoms with Gasteiger partial charge >= 0.3 is 11.9 Å². The van der Waals surface area contributed by atoms with E-state index in [4.69, 9.17) is 14.2 Å². The minimum absolute atomic E-state index is 0.249. The highest BCUT2D eigenvalue weighted by Gasteiger charge is 2.52. The summed E-state index contributed by atoms with van der Waals surface area (Å²) < 4.78 is 17.6. The quantitative estimate of drug-likeness (QED) is 0.505. The molecule has 7 nitrogen and oxygen atoms in total. The van der Waals surface area contributed by atoms with Crippen molar-refractivity contribution >= 4 is 11.9 Å². The number of fused-ring (bicyclic) bond motifs is 5. The van der Waals surface area contributed by atoms with Gasteiger partial charge in [-0.15, -0.1) is 0 Å². The van der Waals surface area contributed by atoms with E-state index < -0.39 is 47.1 Å². The van der Waals surface area contributed by atoms with Crippen molar-refractivity contribution in [2.24, 2.45) is 5.92 Å². The van der Waals surface area contributed by atoms with Crippen LogP contribution in [0.4, 0.5) is 0 Å². The lowest BCUT2D eigenvalue weighted by Gasteiger charge is -2.38. The Morgan fingerprint density at radius 2 is 1.79 bits per heavy atom. The van der Waals surface area contributed by atoms with E-state index in [0.717, 1.165) is 0 Å². The summed E-state index contributed by atoms with van der Waals surface area (Å²) in [5.41, 5.74) is -2.65. The number of ether oxygens (including phenoxy) is 3. The maximum atomic E-state index is 12.7. The summed E-state index contributed by atoms with van der Waals surface area (Å²) >= 11 is 0. The Balaban J connectivity index is 2.00. The summed E-state index contributed by atoms with van der Waals surface area (Å²) in [4.78, 5) is 24.5. The molecule has 0 saturated carbocycles. The van der Waals surface area contributed by atoms with Gasteiger partial charge in [0.25, 0.3) is 0 Å². The van der Waals surface area contributed by atoms with Gasteiger partial charge in [0.2, 0.25) is 0 Å². The fraction of sp³-hybridized carbons (Fsp3) is 0.818. The molecule has 3 saturated heterocycles. The molecular weight excluding hydrogens is 376 g/mol. The largest absolute Gasteiger partial charge is 0.459 e. The van der Waals surface area contributed by atoms with Crippen LogP contribution in [-0.4, -0.2) is 57.3 Å². The first kappa shape index (κ1) is 22.2. The molecule has 164 valence electrons. The number of aliphatic hydroxyl groups is 2. The van der Waals surface area contributed by atoms with Crippen LogP contribution in [0.5, 0.6) is 0 Å². The van der Waals surface area contributed by atoms with Crippen LogP contribution in [-0.2, 0) is 23.8 Å². The van der Waals surface area contributed by atoms with Gasteiger partial charge in [0.05, 0.1) is 17.8 Å². The van der Waals surface area contributed by atoms with Crippen molar-refractivity contribution in [1.29, 1.82) is 0 Å². The van der Waals surface area contributed by atoms with E-state index in [2.05, 4.69) is 6.58 Å². The Kier molecular flexibility index (Phi) is 5.89. The van der Waals surface area contributed by atoms with E-state index in [-0.39, 0.29) is 12.3 Å². The normalized spacial score (nSPS) is 46.1. The second-order valence-electron chi connectivity index (χ2n) is 9.67. The molecule has 3 fully saturated rings. The summed E-state index contributed by atoms with van der Waals surface area (Å²) in [6.07, 6.45) is 1.30. The molecule has 0 aromatic rings. The lowest BCUT2D eigenvalue weighted by atomic mass is 9.79. The summed E-state index contributed by atoms with van der Waals surface area (Å²) in [6.45, 7) is 10.6.